The van der Waals surface area contributed by atoms with E-state index in [0.29, 0.717) is 21.7 Å². The Bertz CT molecular complexity index is 676. The number of carbonyl (C=O) groups excluding carboxylic acids is 4. The van der Waals surface area contributed by atoms with Crippen molar-refractivity contribution in [2.75, 3.05) is 0 Å². The van der Waals surface area contributed by atoms with Gasteiger partial charge in [0.15, 0.2) is 0 Å². The van der Waals surface area contributed by atoms with Gasteiger partial charge in [-0.3, -0.25) is 0 Å². The van der Waals surface area contributed by atoms with Crippen molar-refractivity contribution in [3.05, 3.63) is 0 Å². The molecule has 0 unspecified atom stereocenters. The number of carboxylic acids is 4. The van der Waals surface area contributed by atoms with E-state index >= 15 is 0 Å². The minimum Gasteiger partial charge on any atom is -0.550 e. The summed E-state index contributed by atoms with van der Waals surface area (Å²) in [6.07, 6.45) is 17.1. The zero-order valence-electron chi connectivity index (χ0n) is 33.9. The van der Waals surface area contributed by atoms with Crippen LogP contribution in [0.25, 0.3) is 0 Å². The van der Waals surface area contributed by atoms with E-state index in [0.717, 1.165) is 77.0 Å². The fourth-order valence-corrected chi connectivity index (χ4v) is 4.41. The minimum absolute atomic E-state index is 0. The minimum atomic E-state index is -0.925. The van der Waals surface area contributed by atoms with Gasteiger partial charge in [-0.25, -0.2) is 0 Å². The predicted octanol–water partition coefficient (Wildman–Crippen LogP) is 6.93. The maximum Gasteiger partial charge on any atom is 0.0414 e. The molecule has 8 nitrogen and oxygen atoms in total. The van der Waals surface area contributed by atoms with Gasteiger partial charge in [0.1, 0.15) is 0 Å². The van der Waals surface area contributed by atoms with E-state index in [9.17, 15) is 39.6 Å². The van der Waals surface area contributed by atoms with Crippen molar-refractivity contribution >= 4 is 23.9 Å². The van der Waals surface area contributed by atoms with E-state index in [4.69, 9.17) is 0 Å². The maximum absolute atomic E-state index is 10.0. The van der Waals surface area contributed by atoms with Crippen molar-refractivity contribution in [2.24, 2.45) is 21.7 Å². The van der Waals surface area contributed by atoms with E-state index in [1.807, 2.05) is 0 Å². The molecule has 0 aliphatic carbocycles. The molecule has 0 aliphatic rings. The molecule has 9 heteroatoms. The van der Waals surface area contributed by atoms with Gasteiger partial charge < -0.3 is 39.6 Å². The van der Waals surface area contributed by atoms with Gasteiger partial charge in [-0.2, -0.15) is 0 Å². The molecular formula is C40H76NbO8-4. The zero-order valence-corrected chi connectivity index (χ0v) is 36.1. The molecule has 0 aromatic rings. The number of carbonyl (C=O) groups is 4. The molecule has 0 heterocycles. The summed E-state index contributed by atoms with van der Waals surface area (Å²) in [4.78, 5) is 40.2. The van der Waals surface area contributed by atoms with Gasteiger partial charge in [-0.15, -0.1) is 0 Å². The Balaban J connectivity index is -0.000000174. The van der Waals surface area contributed by atoms with E-state index in [2.05, 4.69) is 83.1 Å². The molecule has 293 valence electrons. The van der Waals surface area contributed by atoms with Crippen molar-refractivity contribution in [1.82, 2.24) is 0 Å². The first-order valence-corrected chi connectivity index (χ1v) is 18.5. The summed E-state index contributed by atoms with van der Waals surface area (Å²) in [5, 5.41) is 40.2. The van der Waals surface area contributed by atoms with E-state index in [1.165, 1.54) is 25.7 Å². The van der Waals surface area contributed by atoms with Crippen LogP contribution in [0.2, 0.25) is 0 Å². The summed E-state index contributed by atoms with van der Waals surface area (Å²) >= 11 is 0. The van der Waals surface area contributed by atoms with Crippen LogP contribution in [0.1, 0.15) is 212 Å². The summed E-state index contributed by atoms with van der Waals surface area (Å²) in [5.74, 6) is -3.70. The average Bonchev–Trinajstić information content (AvgIpc) is 2.85. The first-order chi connectivity index (χ1) is 21.7. The summed E-state index contributed by atoms with van der Waals surface area (Å²) in [6, 6.07) is 0. The number of aliphatic carboxylic acids is 4. The van der Waals surface area contributed by atoms with Gasteiger partial charge in [-0.05, 0) is 98.7 Å². The molecule has 0 rings (SSSR count). The third-order valence-corrected chi connectivity index (χ3v) is 7.23. The number of unbranched alkanes of at least 4 members (excludes halogenated alkanes) is 8. The summed E-state index contributed by atoms with van der Waals surface area (Å²) < 4.78 is 0. The van der Waals surface area contributed by atoms with Crippen molar-refractivity contribution in [3.63, 3.8) is 0 Å². The van der Waals surface area contributed by atoms with E-state index in [-0.39, 0.29) is 48.1 Å². The van der Waals surface area contributed by atoms with Crippen LogP contribution >= 0.6 is 0 Å². The number of carboxylic acid groups (broad SMARTS) is 4. The molecule has 1 radical (unpaired) electrons. The molecule has 0 aliphatic heterocycles. The maximum atomic E-state index is 10.0. The second-order valence-electron chi connectivity index (χ2n) is 18.0. The van der Waals surface area contributed by atoms with Crippen molar-refractivity contribution < 1.29 is 62.0 Å². The van der Waals surface area contributed by atoms with Crippen molar-refractivity contribution in [3.8, 4) is 0 Å². The Labute approximate surface area is 317 Å². The first-order valence-electron chi connectivity index (χ1n) is 18.5. The SMILES string of the molecule is CC(C)(C)CCCCCC(=O)[O-].CC(C)(C)CCCCCC(=O)[O-].CC(C)(C)CCCCCC(=O)[O-].CC(C)(C)CCCCCC(=O)[O-].[Nb]. The third-order valence-electron chi connectivity index (χ3n) is 7.23. The monoisotopic (exact) mass is 777 g/mol. The second-order valence-corrected chi connectivity index (χ2v) is 18.0. The normalized spacial score (nSPS) is 11.3. The molecule has 0 aromatic carbocycles. The summed E-state index contributed by atoms with van der Waals surface area (Å²) in [7, 11) is 0. The molecule has 0 saturated heterocycles. The first kappa shape index (κ1) is 57.0. The van der Waals surface area contributed by atoms with Crippen LogP contribution in [-0.4, -0.2) is 23.9 Å². The Hall–Kier alpha value is -1.38. The zero-order chi connectivity index (χ0) is 38.5. The van der Waals surface area contributed by atoms with Gasteiger partial charge in [0.2, 0.25) is 0 Å². The third kappa shape index (κ3) is 77.4. The molecule has 0 fully saturated rings. The molecule has 0 bridgehead atoms. The molecule has 0 aromatic heterocycles. The Morgan fingerprint density at radius 2 is 0.449 bits per heavy atom. The van der Waals surface area contributed by atoms with Gasteiger partial charge in [-0.1, -0.05) is 134 Å². The average molecular weight is 778 g/mol. The van der Waals surface area contributed by atoms with Gasteiger partial charge >= 0.3 is 0 Å². The van der Waals surface area contributed by atoms with Crippen molar-refractivity contribution in [1.29, 1.82) is 0 Å². The largest absolute Gasteiger partial charge is 0.550 e. The summed E-state index contributed by atoms with van der Waals surface area (Å²) in [5.41, 5.74) is 1.51. The van der Waals surface area contributed by atoms with Gasteiger partial charge in [0.05, 0.1) is 0 Å². The van der Waals surface area contributed by atoms with Crippen molar-refractivity contribution in [2.45, 2.75) is 212 Å². The standard InChI is InChI=1S/4C10H20O2.Nb/c4*1-10(2,3)8-6-4-5-7-9(11)12;/h4*4-8H2,1-3H3,(H,11,12);/p-4. The van der Waals surface area contributed by atoms with Gasteiger partial charge in [0, 0.05) is 46.3 Å². The fraction of sp³-hybridized carbons (Fsp3) is 0.900. The molecule has 0 spiro atoms. The molecular weight excluding hydrogens is 701 g/mol. The molecule has 0 atom stereocenters. The van der Waals surface area contributed by atoms with E-state index < -0.39 is 23.9 Å². The van der Waals surface area contributed by atoms with Crippen LogP contribution in [0, 0.1) is 21.7 Å². The number of rotatable bonds is 20. The fourth-order valence-electron chi connectivity index (χ4n) is 4.41. The second kappa shape index (κ2) is 32.5. The molecule has 0 N–H and O–H groups in total. The van der Waals surface area contributed by atoms with E-state index in [1.54, 1.807) is 0 Å². The summed E-state index contributed by atoms with van der Waals surface area (Å²) in [6.45, 7) is 26.4. The quantitative estimate of drug-likeness (QED) is 0.0951. The molecule has 0 saturated carbocycles. The van der Waals surface area contributed by atoms with Crippen LogP contribution in [0.3, 0.4) is 0 Å². The smallest absolute Gasteiger partial charge is 0.0414 e. The topological polar surface area (TPSA) is 161 Å². The Morgan fingerprint density at radius 3 is 0.551 bits per heavy atom. The van der Waals surface area contributed by atoms with Crippen LogP contribution in [-0.2, 0) is 41.6 Å². The van der Waals surface area contributed by atoms with Crippen LogP contribution < -0.4 is 20.4 Å². The Kier molecular flexibility index (Phi) is 37.8. The molecule has 0 amide bonds. The molecule has 49 heavy (non-hydrogen) atoms. The Morgan fingerprint density at radius 1 is 0.306 bits per heavy atom. The van der Waals surface area contributed by atoms with Crippen LogP contribution in [0.4, 0.5) is 0 Å². The van der Waals surface area contributed by atoms with Gasteiger partial charge in [0.25, 0.3) is 0 Å². The number of hydrogen-bond acceptors (Lipinski definition) is 8. The van der Waals surface area contributed by atoms with Crippen LogP contribution in [0.5, 0.6) is 0 Å². The predicted molar refractivity (Wildman–Crippen MR) is 190 cm³/mol. The van der Waals surface area contributed by atoms with Crippen LogP contribution in [0.15, 0.2) is 0 Å². The number of hydrogen-bond donors (Lipinski definition) is 0.